The third-order valence-electron chi connectivity index (χ3n) is 5.41. The Morgan fingerprint density at radius 1 is 1.10 bits per heavy atom. The van der Waals surface area contributed by atoms with Gasteiger partial charge in [0.2, 0.25) is 0 Å². The summed E-state index contributed by atoms with van der Waals surface area (Å²) in [6, 6.07) is 10.3. The molecule has 0 aliphatic carbocycles. The standard InChI is InChI=1S/C23H28N2O5Si/c1-31(2,3)11-7-10-17-13-25(23(27)24-21(17)26)18-12-19-20(28-14-18)15-29-22(30-19)16-8-5-4-6-9-16/h4-6,8-9,13,18-20,22H,11-12,14-15H2,1-3H3,(H,24,26,27)/t18-,19-,20+,22+/m0/s1. The Morgan fingerprint density at radius 2 is 1.87 bits per heavy atom. The van der Waals surface area contributed by atoms with Crippen molar-refractivity contribution in [3.63, 3.8) is 0 Å². The predicted octanol–water partition coefficient (Wildman–Crippen LogP) is 2.67. The zero-order chi connectivity index (χ0) is 22.0. The summed E-state index contributed by atoms with van der Waals surface area (Å²) in [4.78, 5) is 27.1. The van der Waals surface area contributed by atoms with Crippen LogP contribution in [0, 0.1) is 11.8 Å². The third kappa shape index (κ3) is 5.25. The van der Waals surface area contributed by atoms with Crippen molar-refractivity contribution >= 4 is 8.07 Å². The van der Waals surface area contributed by atoms with Crippen LogP contribution < -0.4 is 11.2 Å². The molecule has 1 aromatic carbocycles. The van der Waals surface area contributed by atoms with Crippen LogP contribution in [0.4, 0.5) is 0 Å². The van der Waals surface area contributed by atoms with Crippen LogP contribution in [-0.2, 0) is 14.2 Å². The molecule has 2 aliphatic rings. The van der Waals surface area contributed by atoms with E-state index in [1.807, 2.05) is 30.3 Å². The van der Waals surface area contributed by atoms with Crippen molar-refractivity contribution in [2.45, 2.75) is 56.6 Å². The van der Waals surface area contributed by atoms with Crippen LogP contribution >= 0.6 is 0 Å². The smallest absolute Gasteiger partial charge is 0.328 e. The molecule has 2 fully saturated rings. The minimum Gasteiger partial charge on any atom is -0.371 e. The molecule has 4 rings (SSSR count). The Balaban J connectivity index is 1.53. The molecule has 0 saturated carbocycles. The molecule has 0 spiro atoms. The third-order valence-corrected chi connectivity index (χ3v) is 6.64. The van der Waals surface area contributed by atoms with Gasteiger partial charge in [0, 0.05) is 17.8 Å². The lowest BCUT2D eigenvalue weighted by Crippen LogP contribution is -2.49. The van der Waals surface area contributed by atoms with E-state index in [1.165, 1.54) is 4.57 Å². The molecule has 164 valence electrons. The molecule has 0 amide bonds. The number of fused-ring (bicyclic) bond motifs is 1. The summed E-state index contributed by atoms with van der Waals surface area (Å²) in [5.74, 6) is 6.06. The van der Waals surface area contributed by atoms with Crippen molar-refractivity contribution in [3.05, 3.63) is 68.5 Å². The van der Waals surface area contributed by atoms with Crippen LogP contribution in [0.1, 0.15) is 29.9 Å². The molecule has 4 atom stereocenters. The fraction of sp³-hybridized carbons (Fsp3) is 0.478. The summed E-state index contributed by atoms with van der Waals surface area (Å²) in [5.41, 5.74) is 0.337. The number of hydrogen-bond donors (Lipinski definition) is 1. The van der Waals surface area contributed by atoms with Gasteiger partial charge in [0.05, 0.1) is 33.4 Å². The van der Waals surface area contributed by atoms with Crippen molar-refractivity contribution in [1.29, 1.82) is 0 Å². The van der Waals surface area contributed by atoms with Crippen LogP contribution in [0.3, 0.4) is 0 Å². The normalized spacial score (nSPS) is 25.9. The number of nitrogens with zero attached hydrogens (tertiary/aromatic N) is 1. The Hall–Kier alpha value is -2.44. The van der Waals surface area contributed by atoms with E-state index in [1.54, 1.807) is 6.20 Å². The fourth-order valence-corrected chi connectivity index (χ4v) is 4.36. The zero-order valence-electron chi connectivity index (χ0n) is 18.1. The van der Waals surface area contributed by atoms with E-state index in [-0.39, 0.29) is 18.2 Å². The molecule has 8 heteroatoms. The van der Waals surface area contributed by atoms with Gasteiger partial charge in [-0.15, -0.1) is 5.92 Å². The quantitative estimate of drug-likeness (QED) is 0.586. The summed E-state index contributed by atoms with van der Waals surface area (Å²) in [6.45, 7) is 7.44. The van der Waals surface area contributed by atoms with Gasteiger partial charge in [-0.25, -0.2) is 4.79 Å². The first-order valence-electron chi connectivity index (χ1n) is 10.6. The first-order chi connectivity index (χ1) is 14.8. The summed E-state index contributed by atoms with van der Waals surface area (Å²) >= 11 is 0. The molecule has 1 aromatic heterocycles. The number of nitrogens with one attached hydrogen (secondary N) is 1. The van der Waals surface area contributed by atoms with Crippen LogP contribution in [0.15, 0.2) is 46.1 Å². The minimum atomic E-state index is -1.34. The van der Waals surface area contributed by atoms with E-state index in [9.17, 15) is 9.59 Å². The lowest BCUT2D eigenvalue weighted by Gasteiger charge is -2.42. The average Bonchev–Trinajstić information content (AvgIpc) is 2.74. The molecule has 0 radical (unpaired) electrons. The maximum Gasteiger partial charge on any atom is 0.328 e. The second-order valence-electron chi connectivity index (χ2n) is 9.26. The second-order valence-corrected chi connectivity index (χ2v) is 14.7. The van der Waals surface area contributed by atoms with Gasteiger partial charge in [-0.1, -0.05) is 55.9 Å². The Labute approximate surface area is 182 Å². The van der Waals surface area contributed by atoms with Crippen LogP contribution in [0.25, 0.3) is 0 Å². The highest BCUT2D eigenvalue weighted by atomic mass is 28.3. The van der Waals surface area contributed by atoms with E-state index in [2.05, 4.69) is 36.5 Å². The van der Waals surface area contributed by atoms with Gasteiger partial charge in [0.1, 0.15) is 11.7 Å². The van der Waals surface area contributed by atoms with Gasteiger partial charge in [0.15, 0.2) is 6.29 Å². The molecule has 3 heterocycles. The average molecular weight is 441 g/mol. The van der Waals surface area contributed by atoms with Crippen LogP contribution in [0.5, 0.6) is 0 Å². The number of aromatic nitrogens is 2. The minimum absolute atomic E-state index is 0.175. The van der Waals surface area contributed by atoms with Gasteiger partial charge >= 0.3 is 5.69 Å². The van der Waals surface area contributed by atoms with Crippen molar-refractivity contribution in [2.24, 2.45) is 0 Å². The zero-order valence-corrected chi connectivity index (χ0v) is 19.1. The summed E-state index contributed by atoms with van der Waals surface area (Å²) in [6.07, 6.45) is 1.30. The Kier molecular flexibility index (Phi) is 6.30. The maximum absolute atomic E-state index is 12.5. The summed E-state index contributed by atoms with van der Waals surface area (Å²) in [5, 5.41) is 0. The number of rotatable bonds is 3. The molecule has 0 bridgehead atoms. The largest absolute Gasteiger partial charge is 0.371 e. The highest BCUT2D eigenvalue weighted by Crippen LogP contribution is 2.34. The second kappa shape index (κ2) is 8.97. The first kappa shape index (κ1) is 21.8. The van der Waals surface area contributed by atoms with Crippen LogP contribution in [-0.4, -0.2) is 43.0 Å². The fourth-order valence-electron chi connectivity index (χ4n) is 3.74. The van der Waals surface area contributed by atoms with E-state index in [4.69, 9.17) is 14.2 Å². The van der Waals surface area contributed by atoms with Crippen molar-refractivity contribution in [3.8, 4) is 11.8 Å². The first-order valence-corrected chi connectivity index (χ1v) is 14.3. The van der Waals surface area contributed by atoms with Crippen LogP contribution in [0.2, 0.25) is 25.7 Å². The van der Waals surface area contributed by atoms with E-state index < -0.39 is 25.6 Å². The van der Waals surface area contributed by atoms with Gasteiger partial charge in [0.25, 0.3) is 5.56 Å². The molecule has 2 aromatic rings. The molecule has 2 saturated heterocycles. The van der Waals surface area contributed by atoms with E-state index in [0.29, 0.717) is 25.2 Å². The van der Waals surface area contributed by atoms with Crippen molar-refractivity contribution in [1.82, 2.24) is 9.55 Å². The molecular weight excluding hydrogens is 412 g/mol. The highest BCUT2D eigenvalue weighted by molar-refractivity contribution is 6.76. The molecule has 31 heavy (non-hydrogen) atoms. The van der Waals surface area contributed by atoms with E-state index >= 15 is 0 Å². The Bertz CT molecular complexity index is 1090. The number of hydrogen-bond acceptors (Lipinski definition) is 5. The molecule has 2 aliphatic heterocycles. The van der Waals surface area contributed by atoms with Gasteiger partial charge in [-0.2, -0.15) is 0 Å². The number of aromatic amines is 1. The van der Waals surface area contributed by atoms with Gasteiger partial charge in [-0.3, -0.25) is 14.3 Å². The molecule has 7 nitrogen and oxygen atoms in total. The Morgan fingerprint density at radius 3 is 2.61 bits per heavy atom. The summed E-state index contributed by atoms with van der Waals surface area (Å²) in [7, 11) is -1.34. The van der Waals surface area contributed by atoms with Gasteiger partial charge in [-0.05, 0) is 6.42 Å². The van der Waals surface area contributed by atoms with E-state index in [0.717, 1.165) is 11.6 Å². The number of ether oxygens (including phenoxy) is 3. The lowest BCUT2D eigenvalue weighted by atomic mass is 10.00. The number of H-pyrrole nitrogens is 1. The lowest BCUT2D eigenvalue weighted by molar-refractivity contribution is -0.282. The van der Waals surface area contributed by atoms with Crippen molar-refractivity contribution in [2.75, 3.05) is 13.2 Å². The topological polar surface area (TPSA) is 82.6 Å². The monoisotopic (exact) mass is 440 g/mol. The van der Waals surface area contributed by atoms with Gasteiger partial charge < -0.3 is 14.2 Å². The SMILES string of the molecule is C[Si](C)(C)CC#Cc1cn([C@@H]2CO[C@@H]3CO[C@@H](c4ccccc4)O[C@H]3C2)c(=O)[nH]c1=O. The molecule has 1 N–H and O–H groups in total. The predicted molar refractivity (Wildman–Crippen MR) is 120 cm³/mol. The number of benzene rings is 1. The maximum atomic E-state index is 12.5. The molecule has 0 unspecified atom stereocenters. The van der Waals surface area contributed by atoms with Crippen molar-refractivity contribution < 1.29 is 14.2 Å². The molecular formula is C23H28N2O5Si. The highest BCUT2D eigenvalue weighted by Gasteiger charge is 2.39. The summed E-state index contributed by atoms with van der Waals surface area (Å²) < 4.78 is 19.5.